The Bertz CT molecular complexity index is 894. The molecule has 2 heterocycles. The molecule has 0 bridgehead atoms. The minimum Gasteiger partial charge on any atom is -0.358 e. The molecule has 0 radical (unpaired) electrons. The van der Waals surface area contributed by atoms with Crippen LogP contribution in [0.15, 0.2) is 42.9 Å². The van der Waals surface area contributed by atoms with E-state index in [1.807, 2.05) is 0 Å². The second-order valence-electron chi connectivity index (χ2n) is 5.82. The molecule has 0 aliphatic carbocycles. The number of amides is 1. The lowest BCUT2D eigenvalue weighted by Gasteiger charge is -2.28. The van der Waals surface area contributed by atoms with Gasteiger partial charge in [0.25, 0.3) is 0 Å². The highest BCUT2D eigenvalue weighted by molar-refractivity contribution is 7.91. The molecule has 0 N–H and O–H groups in total. The van der Waals surface area contributed by atoms with Crippen LogP contribution in [0, 0.1) is 10.1 Å². The molecule has 1 amide bonds. The summed E-state index contributed by atoms with van der Waals surface area (Å²) >= 11 is 0. The van der Waals surface area contributed by atoms with E-state index in [0.29, 0.717) is 12.1 Å². The number of sulfone groups is 1. The zero-order valence-corrected chi connectivity index (χ0v) is 14.0. The van der Waals surface area contributed by atoms with E-state index in [-0.39, 0.29) is 29.8 Å². The van der Waals surface area contributed by atoms with Gasteiger partial charge in [0.1, 0.15) is 12.7 Å². The molecular weight excluding hydrogens is 348 g/mol. The summed E-state index contributed by atoms with van der Waals surface area (Å²) in [6.45, 7) is -0.160. The van der Waals surface area contributed by atoms with Crippen LogP contribution in [0.25, 0.3) is 0 Å². The molecule has 1 aliphatic rings. The van der Waals surface area contributed by atoms with Gasteiger partial charge in [0.05, 0.1) is 17.5 Å². The molecule has 1 atom stereocenters. The minimum atomic E-state index is -3.16. The van der Waals surface area contributed by atoms with Gasteiger partial charge < -0.3 is 19.6 Å². The molecule has 0 spiro atoms. The maximum absolute atomic E-state index is 12.8. The molecule has 25 heavy (non-hydrogen) atoms. The van der Waals surface area contributed by atoms with Gasteiger partial charge in [-0.3, -0.25) is 4.79 Å². The number of hydrogen-bond donors (Lipinski definition) is 0. The van der Waals surface area contributed by atoms with Crippen LogP contribution < -0.4 is 4.90 Å². The summed E-state index contributed by atoms with van der Waals surface area (Å²) in [6, 6.07) is 8.36. The molecule has 9 nitrogen and oxygen atoms in total. The number of rotatable bonds is 5. The Balaban J connectivity index is 1.86. The minimum absolute atomic E-state index is 0.0465. The molecule has 1 aliphatic heterocycles. The van der Waals surface area contributed by atoms with Crippen molar-refractivity contribution in [3.05, 3.63) is 53.0 Å². The quantitative estimate of drug-likeness (QED) is 0.577. The number of nitro groups is 1. The number of carbonyl (C=O) groups is 1. The topological polar surface area (TPSA) is 115 Å². The van der Waals surface area contributed by atoms with Crippen LogP contribution in [0.4, 0.5) is 11.5 Å². The fourth-order valence-corrected chi connectivity index (χ4v) is 4.59. The number of aromatic nitrogens is 2. The molecule has 1 unspecified atom stereocenters. The lowest BCUT2D eigenvalue weighted by molar-refractivity contribution is -0.389. The first-order valence-corrected chi connectivity index (χ1v) is 9.41. The molecule has 1 fully saturated rings. The van der Waals surface area contributed by atoms with Gasteiger partial charge in [0.2, 0.25) is 12.2 Å². The van der Waals surface area contributed by atoms with Crippen molar-refractivity contribution in [2.24, 2.45) is 0 Å². The average Bonchev–Trinajstić information content (AvgIpc) is 3.15. The predicted molar refractivity (Wildman–Crippen MR) is 89.9 cm³/mol. The van der Waals surface area contributed by atoms with Crippen LogP contribution in [0.5, 0.6) is 0 Å². The molecule has 1 aromatic heterocycles. The van der Waals surface area contributed by atoms with E-state index in [1.165, 1.54) is 22.0 Å². The molecule has 1 aromatic carbocycles. The SMILES string of the molecule is O=C(Cn1cnc([N+](=O)[O-])c1)N(c1ccccc1)C1CCS(=O)(=O)C1. The van der Waals surface area contributed by atoms with E-state index >= 15 is 0 Å². The van der Waals surface area contributed by atoms with Crippen LogP contribution >= 0.6 is 0 Å². The van der Waals surface area contributed by atoms with E-state index in [9.17, 15) is 23.3 Å². The maximum Gasteiger partial charge on any atom is 0.381 e. The number of imidazole rings is 1. The van der Waals surface area contributed by atoms with Gasteiger partial charge in [-0.1, -0.05) is 18.2 Å². The maximum atomic E-state index is 12.8. The fourth-order valence-electron chi connectivity index (χ4n) is 2.89. The smallest absolute Gasteiger partial charge is 0.358 e. The third-order valence-electron chi connectivity index (χ3n) is 4.00. The average molecular weight is 364 g/mol. The Morgan fingerprint density at radius 3 is 2.64 bits per heavy atom. The van der Waals surface area contributed by atoms with E-state index in [1.54, 1.807) is 30.3 Å². The van der Waals surface area contributed by atoms with Gasteiger partial charge in [-0.05, 0) is 28.5 Å². The molecular formula is C15H16N4O5S. The lowest BCUT2D eigenvalue weighted by Crippen LogP contribution is -2.43. The highest BCUT2D eigenvalue weighted by Gasteiger charge is 2.35. The fraction of sp³-hybridized carbons (Fsp3) is 0.333. The number of para-hydroxylation sites is 1. The largest absolute Gasteiger partial charge is 0.381 e. The first-order valence-electron chi connectivity index (χ1n) is 7.59. The van der Waals surface area contributed by atoms with Crippen molar-refractivity contribution in [2.75, 3.05) is 16.4 Å². The number of hydrogen-bond acceptors (Lipinski definition) is 6. The van der Waals surface area contributed by atoms with Crippen LogP contribution in [0.3, 0.4) is 0 Å². The zero-order valence-electron chi connectivity index (χ0n) is 13.2. The molecule has 0 saturated carbocycles. The van der Waals surface area contributed by atoms with Crippen LogP contribution in [0.2, 0.25) is 0 Å². The third-order valence-corrected chi connectivity index (χ3v) is 5.75. The van der Waals surface area contributed by atoms with Crippen molar-refractivity contribution < 1.29 is 18.1 Å². The van der Waals surface area contributed by atoms with E-state index in [0.717, 1.165) is 0 Å². The summed E-state index contributed by atoms with van der Waals surface area (Å²) in [5.74, 6) is -0.731. The molecule has 1 saturated heterocycles. The molecule has 2 aromatic rings. The van der Waals surface area contributed by atoms with Crippen molar-refractivity contribution in [1.82, 2.24) is 9.55 Å². The Morgan fingerprint density at radius 2 is 2.08 bits per heavy atom. The normalized spacial score (nSPS) is 18.8. The first-order chi connectivity index (χ1) is 11.9. The Morgan fingerprint density at radius 1 is 1.36 bits per heavy atom. The summed E-state index contributed by atoms with van der Waals surface area (Å²) in [7, 11) is -3.16. The van der Waals surface area contributed by atoms with E-state index in [4.69, 9.17) is 0 Å². The van der Waals surface area contributed by atoms with Crippen molar-refractivity contribution in [3.8, 4) is 0 Å². The Kier molecular flexibility index (Phi) is 4.53. The zero-order chi connectivity index (χ0) is 18.0. The highest BCUT2D eigenvalue weighted by atomic mass is 32.2. The van der Waals surface area contributed by atoms with Crippen LogP contribution in [-0.2, 0) is 21.2 Å². The van der Waals surface area contributed by atoms with Crippen molar-refractivity contribution in [1.29, 1.82) is 0 Å². The summed E-state index contributed by atoms with van der Waals surface area (Å²) in [6.07, 6.45) is 2.75. The Hall–Kier alpha value is -2.75. The van der Waals surface area contributed by atoms with Crippen molar-refractivity contribution in [2.45, 2.75) is 19.0 Å². The molecule has 132 valence electrons. The number of anilines is 1. The monoisotopic (exact) mass is 364 g/mol. The second-order valence-corrected chi connectivity index (χ2v) is 8.05. The summed E-state index contributed by atoms with van der Waals surface area (Å²) < 4.78 is 24.9. The number of benzene rings is 1. The van der Waals surface area contributed by atoms with E-state index in [2.05, 4.69) is 4.98 Å². The van der Waals surface area contributed by atoms with Crippen molar-refractivity contribution in [3.63, 3.8) is 0 Å². The van der Waals surface area contributed by atoms with Gasteiger partial charge in [0.15, 0.2) is 9.84 Å². The number of carbonyl (C=O) groups excluding carboxylic acids is 1. The van der Waals surface area contributed by atoms with Gasteiger partial charge >= 0.3 is 5.82 Å². The summed E-state index contributed by atoms with van der Waals surface area (Å²) in [4.78, 5) is 28.0. The number of nitrogens with zero attached hydrogens (tertiary/aromatic N) is 4. The van der Waals surface area contributed by atoms with Gasteiger partial charge in [-0.15, -0.1) is 0 Å². The first kappa shape index (κ1) is 17.1. The molecule has 10 heteroatoms. The Labute approximate surface area is 144 Å². The third kappa shape index (κ3) is 3.85. The molecule has 3 rings (SSSR count). The summed E-state index contributed by atoms with van der Waals surface area (Å²) in [5.41, 5.74) is 0.601. The van der Waals surface area contributed by atoms with Crippen LogP contribution in [-0.4, -0.2) is 46.3 Å². The van der Waals surface area contributed by atoms with E-state index < -0.39 is 20.8 Å². The predicted octanol–water partition coefficient (Wildman–Crippen LogP) is 1.01. The van der Waals surface area contributed by atoms with Crippen LogP contribution in [0.1, 0.15) is 6.42 Å². The lowest BCUT2D eigenvalue weighted by atomic mass is 10.1. The van der Waals surface area contributed by atoms with Gasteiger partial charge in [-0.25, -0.2) is 8.42 Å². The van der Waals surface area contributed by atoms with Gasteiger partial charge in [-0.2, -0.15) is 0 Å². The standard InChI is InChI=1S/C15H16N4O5S/c20-15(9-17-8-14(16-11-17)19(21)22)18(12-4-2-1-3-5-12)13-6-7-25(23,24)10-13/h1-5,8,11,13H,6-7,9-10H2. The summed E-state index contributed by atoms with van der Waals surface area (Å²) in [5, 5.41) is 10.7. The second kappa shape index (κ2) is 6.63. The van der Waals surface area contributed by atoms with Crippen molar-refractivity contribution >= 4 is 27.2 Å². The van der Waals surface area contributed by atoms with Gasteiger partial charge in [0, 0.05) is 5.69 Å². The highest BCUT2D eigenvalue weighted by Crippen LogP contribution is 2.25.